The molecule has 1 saturated heterocycles. The average molecular weight is 316 g/mol. The number of nitrogens with zero attached hydrogens (tertiary/aromatic N) is 1. The summed E-state index contributed by atoms with van der Waals surface area (Å²) >= 11 is 1.32. The summed E-state index contributed by atoms with van der Waals surface area (Å²) in [5.74, 6) is 0.338. The van der Waals surface area contributed by atoms with Crippen LogP contribution in [0.3, 0.4) is 0 Å². The van der Waals surface area contributed by atoms with Crippen LogP contribution in [0.2, 0.25) is 0 Å². The Hall–Kier alpha value is -0.920. The van der Waals surface area contributed by atoms with E-state index < -0.39 is 10.0 Å². The van der Waals surface area contributed by atoms with Gasteiger partial charge in [-0.1, -0.05) is 0 Å². The lowest BCUT2D eigenvalue weighted by Gasteiger charge is -2.30. The zero-order valence-corrected chi connectivity index (χ0v) is 13.4. The van der Waals surface area contributed by atoms with Gasteiger partial charge in [0.05, 0.1) is 0 Å². The van der Waals surface area contributed by atoms with Gasteiger partial charge in [-0.05, 0) is 37.8 Å². The van der Waals surface area contributed by atoms with E-state index in [1.807, 2.05) is 13.0 Å². The standard InChI is InChI=1S/C13H20N2O3S2/c1-10-3-4-13(19-10)20(17,18)15-7-5-12(6-8-15)9-14-11(2)16/h3-4,12H,5-9H2,1-2H3,(H,14,16). The van der Waals surface area contributed by atoms with Gasteiger partial charge in [0.15, 0.2) is 0 Å². The van der Waals surface area contributed by atoms with E-state index in [-0.39, 0.29) is 5.91 Å². The first-order valence-electron chi connectivity index (χ1n) is 6.70. The van der Waals surface area contributed by atoms with Crippen LogP contribution in [0.5, 0.6) is 0 Å². The van der Waals surface area contributed by atoms with Crippen LogP contribution in [0.4, 0.5) is 0 Å². The van der Waals surface area contributed by atoms with E-state index in [1.165, 1.54) is 18.3 Å². The lowest BCUT2D eigenvalue weighted by molar-refractivity contribution is -0.119. The zero-order valence-electron chi connectivity index (χ0n) is 11.8. The topological polar surface area (TPSA) is 66.5 Å². The van der Waals surface area contributed by atoms with Crippen LogP contribution in [-0.4, -0.2) is 38.3 Å². The SMILES string of the molecule is CC(=O)NCC1CCN(S(=O)(=O)c2ccc(C)s2)CC1. The summed E-state index contributed by atoms with van der Waals surface area (Å²) in [5, 5.41) is 2.80. The number of sulfonamides is 1. The minimum Gasteiger partial charge on any atom is -0.356 e. The Morgan fingerprint density at radius 3 is 2.55 bits per heavy atom. The Morgan fingerprint density at radius 1 is 1.40 bits per heavy atom. The first-order chi connectivity index (χ1) is 9.39. The second kappa shape index (κ2) is 6.24. The van der Waals surface area contributed by atoms with Gasteiger partial charge in [0, 0.05) is 31.4 Å². The number of carbonyl (C=O) groups is 1. The molecule has 1 aliphatic rings. The van der Waals surface area contributed by atoms with E-state index >= 15 is 0 Å². The maximum Gasteiger partial charge on any atom is 0.252 e. The molecule has 1 amide bonds. The van der Waals surface area contributed by atoms with Gasteiger partial charge in [0.2, 0.25) is 5.91 Å². The predicted molar refractivity (Wildman–Crippen MR) is 79.2 cm³/mol. The van der Waals surface area contributed by atoms with Gasteiger partial charge in [0.1, 0.15) is 4.21 Å². The molecule has 5 nitrogen and oxygen atoms in total. The summed E-state index contributed by atoms with van der Waals surface area (Å²) in [6, 6.07) is 3.51. The van der Waals surface area contributed by atoms with Crippen molar-refractivity contribution in [2.24, 2.45) is 5.92 Å². The number of piperidine rings is 1. The molecule has 20 heavy (non-hydrogen) atoms. The summed E-state index contributed by atoms with van der Waals surface area (Å²) in [7, 11) is -3.33. The van der Waals surface area contributed by atoms with Crippen LogP contribution in [0.25, 0.3) is 0 Å². The Morgan fingerprint density at radius 2 is 2.05 bits per heavy atom. The van der Waals surface area contributed by atoms with Crippen LogP contribution < -0.4 is 5.32 Å². The second-order valence-electron chi connectivity index (χ2n) is 5.15. The molecule has 0 radical (unpaired) electrons. The van der Waals surface area contributed by atoms with Crippen LogP contribution in [0.1, 0.15) is 24.6 Å². The first kappa shape index (κ1) is 15.5. The Balaban J connectivity index is 1.95. The van der Waals surface area contributed by atoms with Crippen molar-refractivity contribution in [1.82, 2.24) is 9.62 Å². The van der Waals surface area contributed by atoms with Gasteiger partial charge >= 0.3 is 0 Å². The van der Waals surface area contributed by atoms with Gasteiger partial charge in [-0.2, -0.15) is 4.31 Å². The number of carbonyl (C=O) groups excluding carboxylic acids is 1. The molecule has 0 unspecified atom stereocenters. The second-order valence-corrected chi connectivity index (χ2v) is 8.60. The molecule has 0 atom stereocenters. The van der Waals surface area contributed by atoms with Gasteiger partial charge in [-0.15, -0.1) is 11.3 Å². The summed E-state index contributed by atoms with van der Waals surface area (Å²) in [5.41, 5.74) is 0. The molecule has 112 valence electrons. The summed E-state index contributed by atoms with van der Waals surface area (Å²) in [4.78, 5) is 11.9. The third kappa shape index (κ3) is 3.59. The smallest absolute Gasteiger partial charge is 0.252 e. The highest BCUT2D eigenvalue weighted by atomic mass is 32.2. The number of thiophene rings is 1. The fraction of sp³-hybridized carbons (Fsp3) is 0.615. The van der Waals surface area contributed by atoms with Crippen LogP contribution in [-0.2, 0) is 14.8 Å². The van der Waals surface area contributed by atoms with Crippen LogP contribution >= 0.6 is 11.3 Å². The first-order valence-corrected chi connectivity index (χ1v) is 8.96. The molecule has 7 heteroatoms. The van der Waals surface area contributed by atoms with Crippen LogP contribution in [0, 0.1) is 12.8 Å². The van der Waals surface area contributed by atoms with Crippen molar-refractivity contribution in [3.63, 3.8) is 0 Å². The predicted octanol–water partition coefficient (Wildman–Crippen LogP) is 1.59. The number of hydrogen-bond acceptors (Lipinski definition) is 4. The molecule has 2 rings (SSSR count). The van der Waals surface area contributed by atoms with Crippen molar-refractivity contribution < 1.29 is 13.2 Å². The molecule has 1 N–H and O–H groups in total. The molecule has 1 aliphatic heterocycles. The maximum absolute atomic E-state index is 12.4. The van der Waals surface area contributed by atoms with Crippen molar-refractivity contribution in [1.29, 1.82) is 0 Å². The summed E-state index contributed by atoms with van der Waals surface area (Å²) in [6.07, 6.45) is 1.59. The van der Waals surface area contributed by atoms with E-state index in [2.05, 4.69) is 5.32 Å². The van der Waals surface area contributed by atoms with Gasteiger partial charge in [-0.25, -0.2) is 8.42 Å². The molecular weight excluding hydrogens is 296 g/mol. The molecule has 0 aliphatic carbocycles. The normalized spacial score (nSPS) is 18.1. The van der Waals surface area contributed by atoms with Crippen molar-refractivity contribution in [3.05, 3.63) is 17.0 Å². The molecule has 1 aromatic heterocycles. The molecule has 0 aromatic carbocycles. The molecular formula is C13H20N2O3S2. The van der Waals surface area contributed by atoms with E-state index in [1.54, 1.807) is 10.4 Å². The lowest BCUT2D eigenvalue weighted by Crippen LogP contribution is -2.41. The molecule has 0 bridgehead atoms. The average Bonchev–Trinajstić information content (AvgIpc) is 2.84. The van der Waals surface area contributed by atoms with E-state index in [0.29, 0.717) is 29.8 Å². The largest absolute Gasteiger partial charge is 0.356 e. The monoisotopic (exact) mass is 316 g/mol. The highest BCUT2D eigenvalue weighted by Gasteiger charge is 2.30. The molecule has 1 fully saturated rings. The lowest BCUT2D eigenvalue weighted by atomic mass is 9.98. The Bertz CT molecular complexity index is 572. The van der Waals surface area contributed by atoms with Crippen molar-refractivity contribution in [3.8, 4) is 0 Å². The van der Waals surface area contributed by atoms with E-state index in [0.717, 1.165) is 17.7 Å². The van der Waals surface area contributed by atoms with Gasteiger partial charge in [0.25, 0.3) is 10.0 Å². The fourth-order valence-electron chi connectivity index (χ4n) is 2.32. The third-order valence-corrected chi connectivity index (χ3v) is 6.89. The van der Waals surface area contributed by atoms with Gasteiger partial charge < -0.3 is 5.32 Å². The van der Waals surface area contributed by atoms with Crippen LogP contribution in [0.15, 0.2) is 16.3 Å². The quantitative estimate of drug-likeness (QED) is 0.917. The van der Waals surface area contributed by atoms with Gasteiger partial charge in [-0.3, -0.25) is 4.79 Å². The number of hydrogen-bond donors (Lipinski definition) is 1. The molecule has 1 aromatic rings. The minimum atomic E-state index is -3.33. The Labute approximate surface area is 124 Å². The van der Waals surface area contributed by atoms with Crippen molar-refractivity contribution in [2.75, 3.05) is 19.6 Å². The highest BCUT2D eigenvalue weighted by Crippen LogP contribution is 2.27. The van der Waals surface area contributed by atoms with E-state index in [9.17, 15) is 13.2 Å². The number of amides is 1. The highest BCUT2D eigenvalue weighted by molar-refractivity contribution is 7.91. The minimum absolute atomic E-state index is 0.0332. The number of rotatable bonds is 4. The van der Waals surface area contributed by atoms with Crippen molar-refractivity contribution >= 4 is 27.3 Å². The van der Waals surface area contributed by atoms with E-state index in [4.69, 9.17) is 0 Å². The van der Waals surface area contributed by atoms with Crippen molar-refractivity contribution in [2.45, 2.75) is 30.9 Å². The maximum atomic E-state index is 12.4. The zero-order chi connectivity index (χ0) is 14.8. The number of nitrogens with one attached hydrogen (secondary N) is 1. The third-order valence-electron chi connectivity index (χ3n) is 3.52. The Kier molecular flexibility index (Phi) is 4.82. The number of aryl methyl sites for hydroxylation is 1. The fourth-order valence-corrected chi connectivity index (χ4v) is 5.23. The molecule has 2 heterocycles. The molecule has 0 spiro atoms. The summed E-state index contributed by atoms with van der Waals surface area (Å²) in [6.45, 7) is 5.11. The molecule has 0 saturated carbocycles. The summed E-state index contributed by atoms with van der Waals surface area (Å²) < 4.78 is 26.9.